The lowest BCUT2D eigenvalue weighted by Gasteiger charge is -2.16. The van der Waals surface area contributed by atoms with Crippen molar-refractivity contribution in [3.63, 3.8) is 0 Å². The summed E-state index contributed by atoms with van der Waals surface area (Å²) < 4.78 is 21.3. The van der Waals surface area contributed by atoms with Gasteiger partial charge in [-0.2, -0.15) is 0 Å². The van der Waals surface area contributed by atoms with Gasteiger partial charge in [-0.15, -0.1) is 11.3 Å². The molecule has 0 spiro atoms. The Morgan fingerprint density at radius 2 is 1.83 bits per heavy atom. The molecule has 0 fully saturated rings. The topological polar surface area (TPSA) is 83.1 Å². The van der Waals surface area contributed by atoms with E-state index in [0.29, 0.717) is 28.7 Å². The number of ether oxygens (including phenoxy) is 4. The van der Waals surface area contributed by atoms with Gasteiger partial charge in [0.1, 0.15) is 12.4 Å². The number of benzene rings is 2. The van der Waals surface area contributed by atoms with Crippen LogP contribution in [0.2, 0.25) is 0 Å². The molecule has 3 aromatic rings. The molecular weight excluding hydrogens is 394 g/mol. The van der Waals surface area contributed by atoms with E-state index in [2.05, 4.69) is 5.32 Å². The van der Waals surface area contributed by atoms with Gasteiger partial charge in [-0.3, -0.25) is 4.79 Å². The maximum Gasteiger partial charge on any atom is 0.340 e. The molecule has 7 nitrogen and oxygen atoms in total. The number of anilines is 1. The first-order valence-electron chi connectivity index (χ1n) is 8.82. The summed E-state index contributed by atoms with van der Waals surface area (Å²) in [5, 5.41) is 2.80. The van der Waals surface area contributed by atoms with Crippen LogP contribution in [-0.2, 0) is 11.3 Å². The number of hydrogen-bond acceptors (Lipinski definition) is 7. The van der Waals surface area contributed by atoms with E-state index in [1.54, 1.807) is 6.07 Å². The zero-order valence-corrected chi connectivity index (χ0v) is 16.1. The Bertz CT molecular complexity index is 1150. The lowest BCUT2D eigenvalue weighted by atomic mass is 10.1. The number of rotatable bonds is 3. The van der Waals surface area contributed by atoms with E-state index in [1.807, 2.05) is 30.3 Å². The van der Waals surface area contributed by atoms with Crippen LogP contribution in [0.4, 0.5) is 5.69 Å². The molecule has 1 amide bonds. The lowest BCUT2D eigenvalue weighted by molar-refractivity contribution is 0.0601. The fraction of sp³-hybridized carbons (Fsp3) is 0.143. The zero-order chi connectivity index (χ0) is 20.0. The Balaban J connectivity index is 1.48. The van der Waals surface area contributed by atoms with E-state index in [4.69, 9.17) is 18.9 Å². The van der Waals surface area contributed by atoms with E-state index < -0.39 is 5.97 Å². The molecule has 0 bridgehead atoms. The van der Waals surface area contributed by atoms with Crippen molar-refractivity contribution in [2.24, 2.45) is 0 Å². The van der Waals surface area contributed by atoms with Gasteiger partial charge in [-0.05, 0) is 18.2 Å². The van der Waals surface area contributed by atoms with Crippen molar-refractivity contribution in [2.45, 2.75) is 6.61 Å². The average Bonchev–Trinajstić information content (AvgIpc) is 3.39. The van der Waals surface area contributed by atoms with Crippen LogP contribution >= 0.6 is 11.3 Å². The van der Waals surface area contributed by atoms with Crippen molar-refractivity contribution in [3.8, 4) is 27.7 Å². The number of carbonyl (C=O) groups excluding carboxylic acids is 2. The number of para-hydroxylation sites is 1. The molecule has 3 heterocycles. The molecule has 2 aromatic carbocycles. The van der Waals surface area contributed by atoms with Crippen LogP contribution in [0.15, 0.2) is 42.5 Å². The van der Waals surface area contributed by atoms with Gasteiger partial charge in [0.05, 0.1) is 23.2 Å². The number of thiophene rings is 1. The van der Waals surface area contributed by atoms with Crippen LogP contribution in [0.1, 0.15) is 25.6 Å². The first-order valence-corrected chi connectivity index (χ1v) is 9.64. The molecular formula is C21H15NO6S. The van der Waals surface area contributed by atoms with Crippen LogP contribution in [0.3, 0.4) is 0 Å². The molecule has 8 heteroatoms. The molecule has 2 aliphatic heterocycles. The van der Waals surface area contributed by atoms with Gasteiger partial charge < -0.3 is 24.3 Å². The number of methoxy groups -OCH3 is 1. The Labute approximate surface area is 169 Å². The van der Waals surface area contributed by atoms with Crippen LogP contribution in [-0.4, -0.2) is 25.8 Å². The highest BCUT2D eigenvalue weighted by Gasteiger charge is 2.25. The number of fused-ring (bicyclic) bond motifs is 4. The molecule has 1 aromatic heterocycles. The smallest absolute Gasteiger partial charge is 0.340 e. The summed E-state index contributed by atoms with van der Waals surface area (Å²) in [6.07, 6.45) is 0. The van der Waals surface area contributed by atoms with E-state index in [0.717, 1.165) is 21.8 Å². The van der Waals surface area contributed by atoms with Crippen LogP contribution in [0.25, 0.3) is 10.4 Å². The minimum Gasteiger partial charge on any atom is -0.488 e. The number of nitrogens with one attached hydrogen (secondary N) is 1. The largest absolute Gasteiger partial charge is 0.488 e. The second-order valence-electron chi connectivity index (χ2n) is 6.45. The second kappa shape index (κ2) is 6.82. The highest BCUT2D eigenvalue weighted by Crippen LogP contribution is 2.43. The van der Waals surface area contributed by atoms with Crippen molar-refractivity contribution in [2.75, 3.05) is 19.2 Å². The molecule has 0 radical (unpaired) electrons. The Morgan fingerprint density at radius 3 is 2.66 bits per heavy atom. The van der Waals surface area contributed by atoms with Gasteiger partial charge in [0.15, 0.2) is 11.5 Å². The summed E-state index contributed by atoms with van der Waals surface area (Å²) in [4.78, 5) is 26.6. The van der Waals surface area contributed by atoms with Crippen LogP contribution < -0.4 is 19.5 Å². The molecule has 0 saturated heterocycles. The van der Waals surface area contributed by atoms with Gasteiger partial charge in [-0.1, -0.05) is 12.1 Å². The molecule has 1 N–H and O–H groups in total. The van der Waals surface area contributed by atoms with Crippen molar-refractivity contribution in [1.82, 2.24) is 0 Å². The predicted molar refractivity (Wildman–Crippen MR) is 106 cm³/mol. The quantitative estimate of drug-likeness (QED) is 0.657. The summed E-state index contributed by atoms with van der Waals surface area (Å²) in [7, 11) is 1.28. The highest BCUT2D eigenvalue weighted by atomic mass is 32.1. The third kappa shape index (κ3) is 2.98. The Hall–Kier alpha value is -3.52. The van der Waals surface area contributed by atoms with Crippen molar-refractivity contribution in [1.29, 1.82) is 0 Å². The first kappa shape index (κ1) is 17.6. The molecule has 146 valence electrons. The highest BCUT2D eigenvalue weighted by molar-refractivity contribution is 7.17. The minimum atomic E-state index is -0.577. The molecule has 29 heavy (non-hydrogen) atoms. The molecule has 2 aliphatic rings. The number of esters is 1. The predicted octanol–water partition coefficient (Wildman–Crippen LogP) is 4.08. The number of amides is 1. The molecule has 0 atom stereocenters. The van der Waals surface area contributed by atoms with Crippen LogP contribution in [0, 0.1) is 0 Å². The SMILES string of the molecule is COC(=O)c1cc2c(cc1NC(=O)c1cc3c(s1)-c1ccccc1OC3)OCO2. The standard InChI is InChI=1S/C21H15NO6S/c1-25-21(24)13-7-16-17(28-10-27-16)8-14(13)22-20(23)18-6-11-9-26-15-5-3-2-4-12(15)19(11)29-18/h2-8H,9-10H2,1H3,(H,22,23). The normalized spacial score (nSPS) is 13.1. The third-order valence-corrected chi connectivity index (χ3v) is 5.92. The Kier molecular flexibility index (Phi) is 4.13. The van der Waals surface area contributed by atoms with Crippen molar-refractivity contribution in [3.05, 3.63) is 58.5 Å². The van der Waals surface area contributed by atoms with Crippen molar-refractivity contribution < 1.29 is 28.5 Å². The fourth-order valence-electron chi connectivity index (χ4n) is 3.32. The minimum absolute atomic E-state index is 0.0599. The van der Waals surface area contributed by atoms with Crippen molar-refractivity contribution >= 4 is 28.9 Å². The Morgan fingerprint density at radius 1 is 1.03 bits per heavy atom. The van der Waals surface area contributed by atoms with E-state index in [9.17, 15) is 9.59 Å². The lowest BCUT2D eigenvalue weighted by Crippen LogP contribution is -2.14. The summed E-state index contributed by atoms with van der Waals surface area (Å²) >= 11 is 1.39. The van der Waals surface area contributed by atoms with E-state index >= 15 is 0 Å². The third-order valence-electron chi connectivity index (χ3n) is 4.71. The van der Waals surface area contributed by atoms with Crippen LogP contribution in [0.5, 0.6) is 17.2 Å². The second-order valence-corrected chi connectivity index (χ2v) is 7.50. The molecule has 0 unspecified atom stereocenters. The summed E-state index contributed by atoms with van der Waals surface area (Å²) in [5.41, 5.74) is 2.42. The molecule has 0 saturated carbocycles. The number of hydrogen-bond donors (Lipinski definition) is 1. The summed E-state index contributed by atoms with van der Waals surface area (Å²) in [6, 6.07) is 12.6. The first-order chi connectivity index (χ1) is 14.1. The monoisotopic (exact) mass is 409 g/mol. The number of carbonyl (C=O) groups is 2. The fourth-order valence-corrected chi connectivity index (χ4v) is 4.41. The van der Waals surface area contributed by atoms with E-state index in [-0.39, 0.29) is 18.3 Å². The van der Waals surface area contributed by atoms with Gasteiger partial charge in [0.25, 0.3) is 5.91 Å². The summed E-state index contributed by atoms with van der Waals surface area (Å²) in [6.45, 7) is 0.470. The summed E-state index contributed by atoms with van der Waals surface area (Å²) in [5.74, 6) is 0.791. The van der Waals surface area contributed by atoms with E-state index in [1.165, 1.54) is 24.5 Å². The van der Waals surface area contributed by atoms with Gasteiger partial charge in [0.2, 0.25) is 6.79 Å². The zero-order valence-electron chi connectivity index (χ0n) is 15.3. The molecule has 0 aliphatic carbocycles. The maximum absolute atomic E-state index is 12.9. The van der Waals surface area contributed by atoms with Gasteiger partial charge >= 0.3 is 5.97 Å². The van der Waals surface area contributed by atoms with Gasteiger partial charge in [0, 0.05) is 28.1 Å². The molecule has 5 rings (SSSR count). The van der Waals surface area contributed by atoms with Gasteiger partial charge in [-0.25, -0.2) is 4.79 Å². The average molecular weight is 409 g/mol. The maximum atomic E-state index is 12.9.